The molecule has 0 radical (unpaired) electrons. The Morgan fingerprint density at radius 2 is 2.00 bits per heavy atom. The standard InChI is InChI=1S/C21H21F2N5O2/c22-15-7-14(8-16(23)9-15)21(30)24-17-3-1-4-19(10-17)28-12-18(25-26-28)11-27-6-2-5-20(27)13-29/h1,3-4,7-10,12,20,29H,2,5-6,11,13H2,(H,24,30)/t20-/m0/s1. The number of aliphatic hydroxyl groups excluding tert-OH is 1. The van der Waals surface area contributed by atoms with Gasteiger partial charge in [0.15, 0.2) is 0 Å². The van der Waals surface area contributed by atoms with Crippen LogP contribution in [0.1, 0.15) is 28.9 Å². The minimum atomic E-state index is -0.814. The van der Waals surface area contributed by atoms with Gasteiger partial charge in [-0.15, -0.1) is 5.10 Å². The van der Waals surface area contributed by atoms with E-state index < -0.39 is 17.5 Å². The van der Waals surface area contributed by atoms with Gasteiger partial charge in [-0.1, -0.05) is 11.3 Å². The average Bonchev–Trinajstić information content (AvgIpc) is 3.37. The lowest BCUT2D eigenvalue weighted by molar-refractivity contribution is 0.102. The number of likely N-dealkylation sites (tertiary alicyclic amines) is 1. The minimum absolute atomic E-state index is 0.106. The molecule has 7 nitrogen and oxygen atoms in total. The van der Waals surface area contributed by atoms with E-state index in [9.17, 15) is 18.7 Å². The Morgan fingerprint density at radius 3 is 2.77 bits per heavy atom. The monoisotopic (exact) mass is 413 g/mol. The Hall–Kier alpha value is -3.17. The molecule has 0 saturated carbocycles. The SMILES string of the molecule is O=C(Nc1cccc(-n2cc(CN3CCC[C@H]3CO)nn2)c1)c1cc(F)cc(F)c1. The number of carbonyl (C=O) groups excluding carboxylic acids is 1. The number of hydrogen-bond acceptors (Lipinski definition) is 5. The van der Waals surface area contributed by atoms with E-state index in [1.165, 1.54) is 0 Å². The maximum Gasteiger partial charge on any atom is 0.255 e. The maximum absolute atomic E-state index is 13.4. The number of anilines is 1. The molecule has 2 N–H and O–H groups in total. The summed E-state index contributed by atoms with van der Waals surface area (Å²) in [5.41, 5.74) is 1.81. The van der Waals surface area contributed by atoms with Gasteiger partial charge in [-0.05, 0) is 49.7 Å². The molecule has 4 rings (SSSR count). The van der Waals surface area contributed by atoms with Crippen LogP contribution in [0.5, 0.6) is 0 Å². The molecule has 9 heteroatoms. The van der Waals surface area contributed by atoms with Crippen molar-refractivity contribution in [3.8, 4) is 5.69 Å². The van der Waals surface area contributed by atoms with E-state index in [1.54, 1.807) is 29.1 Å². The first-order valence-corrected chi connectivity index (χ1v) is 9.66. The summed E-state index contributed by atoms with van der Waals surface area (Å²) in [6.07, 6.45) is 3.83. The number of carbonyl (C=O) groups is 1. The molecule has 1 atom stereocenters. The third-order valence-electron chi connectivity index (χ3n) is 5.11. The van der Waals surface area contributed by atoms with Crippen LogP contribution in [0.4, 0.5) is 14.5 Å². The molecule has 0 spiro atoms. The summed E-state index contributed by atoms with van der Waals surface area (Å²) < 4.78 is 28.3. The van der Waals surface area contributed by atoms with E-state index in [0.29, 0.717) is 24.0 Å². The van der Waals surface area contributed by atoms with Crippen molar-refractivity contribution in [1.82, 2.24) is 19.9 Å². The first-order chi connectivity index (χ1) is 14.5. The number of nitrogens with one attached hydrogen (secondary N) is 1. The lowest BCUT2D eigenvalue weighted by Gasteiger charge is -2.20. The molecular formula is C21H21F2N5O2. The van der Waals surface area contributed by atoms with E-state index >= 15 is 0 Å². The van der Waals surface area contributed by atoms with Crippen LogP contribution < -0.4 is 5.32 Å². The Labute approximate surface area is 171 Å². The summed E-state index contributed by atoms with van der Waals surface area (Å²) in [5, 5.41) is 20.4. The van der Waals surface area contributed by atoms with Gasteiger partial charge in [0.1, 0.15) is 11.6 Å². The van der Waals surface area contributed by atoms with Gasteiger partial charge >= 0.3 is 0 Å². The Kier molecular flexibility index (Phi) is 5.82. The summed E-state index contributed by atoms with van der Waals surface area (Å²) in [5.74, 6) is -2.25. The third kappa shape index (κ3) is 4.52. The van der Waals surface area contributed by atoms with Gasteiger partial charge in [-0.2, -0.15) is 0 Å². The molecule has 156 valence electrons. The highest BCUT2D eigenvalue weighted by atomic mass is 19.1. The van der Waals surface area contributed by atoms with Crippen molar-refractivity contribution in [1.29, 1.82) is 0 Å². The van der Waals surface area contributed by atoms with Crippen LogP contribution in [0.2, 0.25) is 0 Å². The molecule has 0 aliphatic carbocycles. The van der Waals surface area contributed by atoms with Gasteiger partial charge in [0.25, 0.3) is 5.91 Å². The van der Waals surface area contributed by atoms with Crippen molar-refractivity contribution in [3.63, 3.8) is 0 Å². The molecule has 2 aromatic carbocycles. The van der Waals surface area contributed by atoms with Gasteiger partial charge in [0.05, 0.1) is 24.2 Å². The van der Waals surface area contributed by atoms with E-state index in [-0.39, 0.29) is 18.2 Å². The van der Waals surface area contributed by atoms with Gasteiger partial charge in [0.2, 0.25) is 0 Å². The summed E-state index contributed by atoms with van der Waals surface area (Å²) in [4.78, 5) is 14.5. The van der Waals surface area contributed by atoms with Crippen molar-refractivity contribution >= 4 is 11.6 Å². The molecule has 1 fully saturated rings. The Balaban J connectivity index is 1.47. The highest BCUT2D eigenvalue weighted by Crippen LogP contribution is 2.20. The van der Waals surface area contributed by atoms with E-state index in [4.69, 9.17) is 0 Å². The normalized spacial score (nSPS) is 16.7. The van der Waals surface area contributed by atoms with E-state index in [1.807, 2.05) is 6.07 Å². The Morgan fingerprint density at radius 1 is 1.20 bits per heavy atom. The van der Waals surface area contributed by atoms with Gasteiger partial charge in [-0.25, -0.2) is 13.5 Å². The van der Waals surface area contributed by atoms with Crippen molar-refractivity contribution in [2.75, 3.05) is 18.5 Å². The van der Waals surface area contributed by atoms with Crippen molar-refractivity contribution in [2.24, 2.45) is 0 Å². The van der Waals surface area contributed by atoms with Crippen LogP contribution in [-0.4, -0.2) is 50.1 Å². The Bertz CT molecular complexity index is 1040. The fraction of sp³-hybridized carbons (Fsp3) is 0.286. The molecule has 30 heavy (non-hydrogen) atoms. The predicted molar refractivity (Wildman–Crippen MR) is 106 cm³/mol. The third-order valence-corrected chi connectivity index (χ3v) is 5.11. The number of aromatic nitrogens is 3. The fourth-order valence-electron chi connectivity index (χ4n) is 3.63. The highest BCUT2D eigenvalue weighted by molar-refractivity contribution is 6.04. The van der Waals surface area contributed by atoms with Gasteiger partial charge in [0, 0.05) is 29.9 Å². The molecule has 0 unspecified atom stereocenters. The molecule has 0 bridgehead atoms. The summed E-state index contributed by atoms with van der Waals surface area (Å²) >= 11 is 0. The molecule has 1 amide bonds. The zero-order chi connectivity index (χ0) is 21.1. The van der Waals surface area contributed by atoms with Gasteiger partial charge < -0.3 is 10.4 Å². The number of rotatable bonds is 6. The summed E-state index contributed by atoms with van der Waals surface area (Å²) in [7, 11) is 0. The predicted octanol–water partition coefficient (Wildman–Crippen LogP) is 2.75. The number of aliphatic hydroxyl groups is 1. The van der Waals surface area contributed by atoms with Crippen LogP contribution in [0.3, 0.4) is 0 Å². The molecule has 1 aliphatic rings. The fourth-order valence-corrected chi connectivity index (χ4v) is 3.63. The summed E-state index contributed by atoms with van der Waals surface area (Å²) in [6, 6.07) is 9.73. The lowest BCUT2D eigenvalue weighted by atomic mass is 10.2. The minimum Gasteiger partial charge on any atom is -0.395 e. The topological polar surface area (TPSA) is 83.3 Å². The number of nitrogens with zero attached hydrogens (tertiary/aromatic N) is 4. The molecule has 1 aromatic heterocycles. The largest absolute Gasteiger partial charge is 0.395 e. The number of amides is 1. The smallest absolute Gasteiger partial charge is 0.255 e. The maximum atomic E-state index is 13.4. The lowest BCUT2D eigenvalue weighted by Crippen LogP contribution is -2.31. The van der Waals surface area contributed by atoms with Gasteiger partial charge in [-0.3, -0.25) is 9.69 Å². The zero-order valence-electron chi connectivity index (χ0n) is 16.1. The van der Waals surface area contributed by atoms with Crippen molar-refractivity contribution in [3.05, 3.63) is 71.6 Å². The molecular weight excluding hydrogens is 392 g/mol. The van der Waals surface area contributed by atoms with Crippen LogP contribution in [0.15, 0.2) is 48.7 Å². The molecule has 1 saturated heterocycles. The molecule has 1 aliphatic heterocycles. The summed E-state index contributed by atoms with van der Waals surface area (Å²) in [6.45, 7) is 1.65. The van der Waals surface area contributed by atoms with Crippen molar-refractivity contribution < 1.29 is 18.7 Å². The van der Waals surface area contributed by atoms with Crippen LogP contribution in [-0.2, 0) is 6.54 Å². The quantitative estimate of drug-likeness (QED) is 0.649. The second kappa shape index (κ2) is 8.68. The first-order valence-electron chi connectivity index (χ1n) is 9.66. The zero-order valence-corrected chi connectivity index (χ0v) is 16.1. The van der Waals surface area contributed by atoms with E-state index in [2.05, 4.69) is 20.5 Å². The molecule has 2 heterocycles. The number of benzene rings is 2. The van der Waals surface area contributed by atoms with Crippen LogP contribution in [0.25, 0.3) is 5.69 Å². The molecule has 3 aromatic rings. The highest BCUT2D eigenvalue weighted by Gasteiger charge is 2.24. The van der Waals surface area contributed by atoms with Crippen molar-refractivity contribution in [2.45, 2.75) is 25.4 Å². The average molecular weight is 413 g/mol. The number of halogens is 2. The number of hydrogen-bond donors (Lipinski definition) is 2. The second-order valence-corrected chi connectivity index (χ2v) is 7.27. The van der Waals surface area contributed by atoms with Crippen LogP contribution >= 0.6 is 0 Å². The first kappa shape index (κ1) is 20.1. The second-order valence-electron chi connectivity index (χ2n) is 7.27. The van der Waals surface area contributed by atoms with Crippen LogP contribution in [0, 0.1) is 11.6 Å². The van der Waals surface area contributed by atoms with E-state index in [0.717, 1.165) is 37.2 Å².